The van der Waals surface area contributed by atoms with Gasteiger partial charge in [-0.05, 0) is 31.0 Å². The maximum Gasteiger partial charge on any atom is 0.280 e. The molecule has 24 heavy (non-hydrogen) atoms. The van der Waals surface area contributed by atoms with Crippen molar-refractivity contribution in [3.63, 3.8) is 0 Å². The number of rotatable bonds is 3. The van der Waals surface area contributed by atoms with Gasteiger partial charge >= 0.3 is 0 Å². The average Bonchev–Trinajstić information content (AvgIpc) is 3.20. The maximum absolute atomic E-state index is 12.1. The Hall–Kier alpha value is -2.67. The van der Waals surface area contributed by atoms with E-state index in [1.165, 1.54) is 6.07 Å². The van der Waals surface area contributed by atoms with E-state index in [0.29, 0.717) is 17.1 Å². The third-order valence-electron chi connectivity index (χ3n) is 4.72. The zero-order valence-corrected chi connectivity index (χ0v) is 13.0. The van der Waals surface area contributed by atoms with Crippen LogP contribution in [0.25, 0.3) is 11.3 Å². The number of carbonyl (C=O) groups is 1. The summed E-state index contributed by atoms with van der Waals surface area (Å²) in [4.78, 5) is 25.0. The summed E-state index contributed by atoms with van der Waals surface area (Å²) in [7, 11) is 0. The van der Waals surface area contributed by atoms with E-state index in [1.807, 2.05) is 0 Å². The Balaban J connectivity index is 1.66. The number of benzene rings is 1. The third kappa shape index (κ3) is 2.37. The highest BCUT2D eigenvalue weighted by molar-refractivity contribution is 5.84. The summed E-state index contributed by atoms with van der Waals surface area (Å²) in [6.07, 6.45) is 2.68. The van der Waals surface area contributed by atoms with E-state index in [-0.39, 0.29) is 23.8 Å². The minimum atomic E-state index is -0.421. The minimum absolute atomic E-state index is 0.00436. The maximum atomic E-state index is 12.1. The van der Waals surface area contributed by atoms with Crippen LogP contribution in [-0.2, 0) is 4.79 Å². The van der Waals surface area contributed by atoms with Crippen molar-refractivity contribution in [2.24, 2.45) is 0 Å². The van der Waals surface area contributed by atoms with E-state index in [1.54, 1.807) is 30.3 Å². The van der Waals surface area contributed by atoms with E-state index >= 15 is 0 Å². The standard InChI is InChI=1S/C17H17N3O4/c21-17-13-7-3-4-10-19(13)16(18-17)15-9-8-14(24-15)11-5-1-2-6-12(11)20(22)23/h1-2,5-6,8-9,13,16H,3-4,7,10H2,(H,18,21). The predicted octanol–water partition coefficient (Wildman–Crippen LogP) is 2.84. The van der Waals surface area contributed by atoms with Crippen molar-refractivity contribution in [3.8, 4) is 11.3 Å². The summed E-state index contributed by atoms with van der Waals surface area (Å²) in [6.45, 7) is 0.843. The number of nitrogens with zero attached hydrogens (tertiary/aromatic N) is 2. The largest absolute Gasteiger partial charge is 0.457 e. The Bertz CT molecular complexity index is 801. The lowest BCUT2D eigenvalue weighted by atomic mass is 10.0. The monoisotopic (exact) mass is 327 g/mol. The van der Waals surface area contributed by atoms with Gasteiger partial charge in [-0.15, -0.1) is 0 Å². The van der Waals surface area contributed by atoms with Crippen molar-refractivity contribution in [2.75, 3.05) is 6.54 Å². The molecule has 1 amide bonds. The van der Waals surface area contributed by atoms with Gasteiger partial charge in [0.25, 0.3) is 5.69 Å². The number of fused-ring (bicyclic) bond motifs is 1. The highest BCUT2D eigenvalue weighted by Gasteiger charge is 2.42. The van der Waals surface area contributed by atoms with Crippen LogP contribution in [-0.4, -0.2) is 28.3 Å². The first-order valence-electron chi connectivity index (χ1n) is 8.05. The highest BCUT2D eigenvalue weighted by atomic mass is 16.6. The van der Waals surface area contributed by atoms with Crippen molar-refractivity contribution in [2.45, 2.75) is 31.5 Å². The van der Waals surface area contributed by atoms with Gasteiger partial charge in [0.2, 0.25) is 5.91 Å². The molecule has 0 radical (unpaired) electrons. The second kappa shape index (κ2) is 5.76. The second-order valence-corrected chi connectivity index (χ2v) is 6.14. The van der Waals surface area contributed by atoms with Gasteiger partial charge < -0.3 is 9.73 Å². The highest BCUT2D eigenvalue weighted by Crippen LogP contribution is 2.36. The zero-order valence-electron chi connectivity index (χ0n) is 13.0. The summed E-state index contributed by atoms with van der Waals surface area (Å²) in [5, 5.41) is 14.2. The fraction of sp³-hybridized carbons (Fsp3) is 0.353. The Morgan fingerprint density at radius 1 is 1.21 bits per heavy atom. The van der Waals surface area contributed by atoms with Crippen LogP contribution in [0.15, 0.2) is 40.8 Å². The van der Waals surface area contributed by atoms with Crippen LogP contribution >= 0.6 is 0 Å². The van der Waals surface area contributed by atoms with Crippen molar-refractivity contribution in [3.05, 3.63) is 52.3 Å². The molecule has 2 saturated heterocycles. The molecular weight excluding hydrogens is 310 g/mol. The molecule has 1 aromatic carbocycles. The molecule has 2 aliphatic heterocycles. The molecule has 1 N–H and O–H groups in total. The average molecular weight is 327 g/mol. The molecule has 2 aromatic rings. The number of furan rings is 1. The number of piperidine rings is 1. The summed E-state index contributed by atoms with van der Waals surface area (Å²) in [6, 6.07) is 9.90. The summed E-state index contributed by atoms with van der Waals surface area (Å²) >= 11 is 0. The summed E-state index contributed by atoms with van der Waals surface area (Å²) in [5.41, 5.74) is 0.443. The zero-order chi connectivity index (χ0) is 16.7. The Morgan fingerprint density at radius 2 is 2.04 bits per heavy atom. The molecule has 3 heterocycles. The third-order valence-corrected chi connectivity index (χ3v) is 4.72. The van der Waals surface area contributed by atoms with E-state index in [2.05, 4.69) is 10.2 Å². The molecule has 7 nitrogen and oxygen atoms in total. The lowest BCUT2D eigenvalue weighted by molar-refractivity contribution is -0.384. The van der Waals surface area contributed by atoms with Crippen LogP contribution in [0.1, 0.15) is 31.2 Å². The topological polar surface area (TPSA) is 88.6 Å². The first-order chi connectivity index (χ1) is 11.6. The van der Waals surface area contributed by atoms with E-state index in [4.69, 9.17) is 4.42 Å². The number of carbonyl (C=O) groups excluding carboxylic acids is 1. The van der Waals surface area contributed by atoms with E-state index in [0.717, 1.165) is 25.8 Å². The van der Waals surface area contributed by atoms with Crippen molar-refractivity contribution < 1.29 is 14.1 Å². The number of nitrogens with one attached hydrogen (secondary N) is 1. The van der Waals surface area contributed by atoms with Crippen LogP contribution in [0.2, 0.25) is 0 Å². The Labute approximate surface area is 138 Å². The molecule has 2 aliphatic rings. The number of amides is 1. The van der Waals surface area contributed by atoms with E-state index < -0.39 is 4.92 Å². The van der Waals surface area contributed by atoms with Gasteiger partial charge in [0, 0.05) is 12.6 Å². The molecule has 124 valence electrons. The minimum Gasteiger partial charge on any atom is -0.457 e. The van der Waals surface area contributed by atoms with Gasteiger partial charge in [0.05, 0.1) is 16.5 Å². The van der Waals surface area contributed by atoms with Crippen LogP contribution in [0.4, 0.5) is 5.69 Å². The van der Waals surface area contributed by atoms with Gasteiger partial charge in [0.15, 0.2) is 0 Å². The fourth-order valence-electron chi connectivity index (χ4n) is 3.58. The second-order valence-electron chi connectivity index (χ2n) is 6.14. The van der Waals surface area contributed by atoms with Crippen molar-refractivity contribution >= 4 is 11.6 Å². The molecule has 0 bridgehead atoms. The normalized spacial score (nSPS) is 23.8. The lowest BCUT2D eigenvalue weighted by Crippen LogP contribution is -2.38. The van der Waals surface area contributed by atoms with E-state index in [9.17, 15) is 14.9 Å². The summed E-state index contributed by atoms with van der Waals surface area (Å²) < 4.78 is 5.88. The van der Waals surface area contributed by atoms with Gasteiger partial charge in [-0.25, -0.2) is 0 Å². The van der Waals surface area contributed by atoms with Gasteiger partial charge in [-0.1, -0.05) is 18.6 Å². The Kier molecular flexibility index (Phi) is 3.57. The molecule has 4 rings (SSSR count). The van der Waals surface area contributed by atoms with Crippen LogP contribution in [0.5, 0.6) is 0 Å². The number of hydrogen-bond donors (Lipinski definition) is 1. The van der Waals surface area contributed by atoms with Crippen LogP contribution < -0.4 is 5.32 Å². The smallest absolute Gasteiger partial charge is 0.280 e. The molecule has 0 spiro atoms. The van der Waals surface area contributed by atoms with Crippen molar-refractivity contribution in [1.82, 2.24) is 10.2 Å². The molecule has 7 heteroatoms. The number of para-hydroxylation sites is 1. The van der Waals surface area contributed by atoms with Gasteiger partial charge in [0.1, 0.15) is 17.7 Å². The molecule has 2 atom stereocenters. The van der Waals surface area contributed by atoms with Crippen LogP contribution in [0, 0.1) is 10.1 Å². The lowest BCUT2D eigenvalue weighted by Gasteiger charge is -2.30. The first kappa shape index (κ1) is 14.9. The van der Waals surface area contributed by atoms with Gasteiger partial charge in [-0.2, -0.15) is 0 Å². The molecule has 0 aliphatic carbocycles. The fourth-order valence-corrected chi connectivity index (χ4v) is 3.58. The Morgan fingerprint density at radius 3 is 2.88 bits per heavy atom. The quantitative estimate of drug-likeness (QED) is 0.692. The molecular formula is C17H17N3O4. The summed E-state index contributed by atoms with van der Waals surface area (Å²) in [5.74, 6) is 1.08. The predicted molar refractivity (Wildman–Crippen MR) is 86.0 cm³/mol. The molecule has 2 unspecified atom stereocenters. The van der Waals surface area contributed by atoms with Crippen molar-refractivity contribution in [1.29, 1.82) is 0 Å². The molecule has 2 fully saturated rings. The van der Waals surface area contributed by atoms with Gasteiger partial charge in [-0.3, -0.25) is 19.8 Å². The number of nitro groups is 1. The number of hydrogen-bond acceptors (Lipinski definition) is 5. The number of nitro benzene ring substituents is 1. The molecule has 1 aromatic heterocycles. The first-order valence-corrected chi connectivity index (χ1v) is 8.05. The SMILES string of the molecule is O=C1NC(c2ccc(-c3ccccc3[N+](=O)[O-])o2)N2CCCCC12. The van der Waals surface area contributed by atoms with Crippen LogP contribution in [0.3, 0.4) is 0 Å². The molecule has 0 saturated carbocycles.